The maximum Gasteiger partial charge on any atom is 0.246 e. The summed E-state index contributed by atoms with van der Waals surface area (Å²) < 4.78 is 5.62. The standard InChI is InChI=1S/C15H12N2O2/c1-9-3-2-4-10-7-13(19-15(9)10)14(18)12-6-5-11(16)8-17-12/h2-8H,16H2,1H3. The zero-order valence-corrected chi connectivity index (χ0v) is 10.4. The van der Waals surface area contributed by atoms with E-state index in [0.717, 1.165) is 16.5 Å². The number of para-hydroxylation sites is 1. The molecular formula is C15H12N2O2. The largest absolute Gasteiger partial charge is 0.452 e. The zero-order chi connectivity index (χ0) is 13.4. The van der Waals surface area contributed by atoms with Crippen molar-refractivity contribution < 1.29 is 9.21 Å². The average molecular weight is 252 g/mol. The maximum absolute atomic E-state index is 12.2. The lowest BCUT2D eigenvalue weighted by atomic mass is 10.1. The van der Waals surface area contributed by atoms with Crippen LogP contribution in [0.2, 0.25) is 0 Å². The van der Waals surface area contributed by atoms with Crippen LogP contribution >= 0.6 is 0 Å². The summed E-state index contributed by atoms with van der Waals surface area (Å²) in [6.07, 6.45) is 1.46. The van der Waals surface area contributed by atoms with E-state index in [-0.39, 0.29) is 5.78 Å². The normalized spacial score (nSPS) is 10.8. The molecule has 0 spiro atoms. The van der Waals surface area contributed by atoms with Crippen LogP contribution in [-0.4, -0.2) is 10.8 Å². The number of nitrogen functional groups attached to an aromatic ring is 1. The highest BCUT2D eigenvalue weighted by molar-refractivity contribution is 6.08. The van der Waals surface area contributed by atoms with Crippen LogP contribution in [0.4, 0.5) is 5.69 Å². The summed E-state index contributed by atoms with van der Waals surface area (Å²) in [4.78, 5) is 16.3. The summed E-state index contributed by atoms with van der Waals surface area (Å²) in [5.41, 5.74) is 8.14. The molecule has 4 nitrogen and oxygen atoms in total. The Bertz CT molecular complexity index is 757. The Balaban J connectivity index is 2.06. The molecule has 2 heterocycles. The number of benzene rings is 1. The first kappa shape index (κ1) is 11.5. The minimum Gasteiger partial charge on any atom is -0.452 e. The van der Waals surface area contributed by atoms with Crippen molar-refractivity contribution in [1.82, 2.24) is 4.98 Å². The molecule has 3 rings (SSSR count). The van der Waals surface area contributed by atoms with E-state index in [1.165, 1.54) is 6.20 Å². The van der Waals surface area contributed by atoms with Crippen molar-refractivity contribution in [3.63, 3.8) is 0 Å². The molecule has 0 bridgehead atoms. The summed E-state index contributed by atoms with van der Waals surface area (Å²) in [5, 5.41) is 0.916. The lowest BCUT2D eigenvalue weighted by Gasteiger charge is -1.97. The molecule has 0 unspecified atom stereocenters. The Kier molecular flexibility index (Phi) is 2.56. The SMILES string of the molecule is Cc1cccc2cc(C(=O)c3ccc(N)cn3)oc12. The van der Waals surface area contributed by atoms with Gasteiger partial charge in [0.25, 0.3) is 0 Å². The first-order valence-electron chi connectivity index (χ1n) is 5.90. The van der Waals surface area contributed by atoms with Gasteiger partial charge in [-0.05, 0) is 30.7 Å². The predicted molar refractivity (Wildman–Crippen MR) is 73.0 cm³/mol. The van der Waals surface area contributed by atoms with Gasteiger partial charge in [0.05, 0.1) is 11.9 Å². The lowest BCUT2D eigenvalue weighted by Crippen LogP contribution is -2.02. The van der Waals surface area contributed by atoms with Crippen LogP contribution in [0.15, 0.2) is 47.0 Å². The van der Waals surface area contributed by atoms with E-state index in [0.29, 0.717) is 17.1 Å². The lowest BCUT2D eigenvalue weighted by molar-refractivity contribution is 0.101. The number of aryl methyl sites for hydroxylation is 1. The topological polar surface area (TPSA) is 69.1 Å². The van der Waals surface area contributed by atoms with Crippen molar-refractivity contribution >= 4 is 22.4 Å². The van der Waals surface area contributed by atoms with Crippen molar-refractivity contribution in [1.29, 1.82) is 0 Å². The van der Waals surface area contributed by atoms with Crippen molar-refractivity contribution in [3.8, 4) is 0 Å². The third-order valence-electron chi connectivity index (χ3n) is 2.98. The van der Waals surface area contributed by atoms with Crippen molar-refractivity contribution in [2.75, 3.05) is 5.73 Å². The van der Waals surface area contributed by atoms with Crippen LogP contribution in [0, 0.1) is 6.92 Å². The van der Waals surface area contributed by atoms with Gasteiger partial charge in [0.2, 0.25) is 5.78 Å². The van der Waals surface area contributed by atoms with E-state index in [1.807, 2.05) is 25.1 Å². The molecule has 0 saturated heterocycles. The van der Waals surface area contributed by atoms with Crippen LogP contribution in [-0.2, 0) is 0 Å². The number of carbonyl (C=O) groups excluding carboxylic acids is 1. The highest BCUT2D eigenvalue weighted by atomic mass is 16.3. The minimum absolute atomic E-state index is 0.240. The second-order valence-electron chi connectivity index (χ2n) is 4.41. The van der Waals surface area contributed by atoms with Gasteiger partial charge in [0.1, 0.15) is 11.3 Å². The number of nitrogens with two attached hydrogens (primary N) is 1. The molecule has 0 amide bonds. The summed E-state index contributed by atoms with van der Waals surface area (Å²) in [5.74, 6) is 0.0529. The molecule has 4 heteroatoms. The molecule has 0 aliphatic heterocycles. The predicted octanol–water partition coefficient (Wildman–Crippen LogP) is 2.95. The number of pyridine rings is 1. The Morgan fingerprint density at radius 1 is 1.26 bits per heavy atom. The summed E-state index contributed by atoms with van der Waals surface area (Å²) >= 11 is 0. The van der Waals surface area contributed by atoms with Crippen LogP contribution < -0.4 is 5.73 Å². The number of hydrogen-bond donors (Lipinski definition) is 1. The number of nitrogens with zero attached hydrogens (tertiary/aromatic N) is 1. The second-order valence-corrected chi connectivity index (χ2v) is 4.41. The van der Waals surface area contributed by atoms with Crippen molar-refractivity contribution in [2.24, 2.45) is 0 Å². The number of hydrogen-bond acceptors (Lipinski definition) is 4. The van der Waals surface area contributed by atoms with Gasteiger partial charge in [-0.1, -0.05) is 18.2 Å². The third-order valence-corrected chi connectivity index (χ3v) is 2.98. The van der Waals surface area contributed by atoms with Gasteiger partial charge in [0, 0.05) is 5.39 Å². The van der Waals surface area contributed by atoms with Crippen LogP contribution in [0.3, 0.4) is 0 Å². The zero-order valence-electron chi connectivity index (χ0n) is 10.4. The first-order valence-corrected chi connectivity index (χ1v) is 5.90. The van der Waals surface area contributed by atoms with E-state index in [2.05, 4.69) is 4.98 Å². The Morgan fingerprint density at radius 3 is 2.79 bits per heavy atom. The van der Waals surface area contributed by atoms with Gasteiger partial charge < -0.3 is 10.2 Å². The molecule has 19 heavy (non-hydrogen) atoms. The molecule has 0 atom stereocenters. The number of fused-ring (bicyclic) bond motifs is 1. The fourth-order valence-corrected chi connectivity index (χ4v) is 1.99. The monoisotopic (exact) mass is 252 g/mol. The molecule has 2 aromatic heterocycles. The first-order chi connectivity index (χ1) is 9.15. The minimum atomic E-state index is -0.240. The summed E-state index contributed by atoms with van der Waals surface area (Å²) in [6, 6.07) is 10.8. The Morgan fingerprint density at radius 2 is 2.11 bits per heavy atom. The summed E-state index contributed by atoms with van der Waals surface area (Å²) in [6.45, 7) is 1.95. The molecule has 0 fully saturated rings. The van der Waals surface area contributed by atoms with Crippen molar-refractivity contribution in [3.05, 3.63) is 59.6 Å². The van der Waals surface area contributed by atoms with Crippen molar-refractivity contribution in [2.45, 2.75) is 6.92 Å². The molecule has 1 aromatic carbocycles. The van der Waals surface area contributed by atoms with Gasteiger partial charge in [0.15, 0.2) is 5.76 Å². The fraction of sp³-hybridized carbons (Fsp3) is 0.0667. The second kappa shape index (κ2) is 4.24. The molecule has 3 aromatic rings. The highest BCUT2D eigenvalue weighted by Gasteiger charge is 2.16. The number of anilines is 1. The van der Waals surface area contributed by atoms with Gasteiger partial charge in [-0.3, -0.25) is 9.78 Å². The number of ketones is 1. The molecule has 0 saturated carbocycles. The Hall–Kier alpha value is -2.62. The molecule has 0 aliphatic carbocycles. The number of carbonyl (C=O) groups is 1. The molecule has 0 radical (unpaired) electrons. The van der Waals surface area contributed by atoms with Crippen LogP contribution in [0.25, 0.3) is 11.0 Å². The number of furan rings is 1. The Labute approximate surface area is 109 Å². The molecular weight excluding hydrogens is 240 g/mol. The van der Waals surface area contributed by atoms with E-state index >= 15 is 0 Å². The van der Waals surface area contributed by atoms with Gasteiger partial charge in [-0.2, -0.15) is 0 Å². The van der Waals surface area contributed by atoms with E-state index < -0.39 is 0 Å². The molecule has 0 aliphatic rings. The highest BCUT2D eigenvalue weighted by Crippen LogP contribution is 2.24. The number of rotatable bonds is 2. The smallest absolute Gasteiger partial charge is 0.246 e. The van der Waals surface area contributed by atoms with E-state index in [1.54, 1.807) is 18.2 Å². The fourth-order valence-electron chi connectivity index (χ4n) is 1.99. The van der Waals surface area contributed by atoms with Gasteiger partial charge in [-0.25, -0.2) is 0 Å². The van der Waals surface area contributed by atoms with E-state index in [9.17, 15) is 4.79 Å². The third kappa shape index (κ3) is 1.97. The summed E-state index contributed by atoms with van der Waals surface area (Å²) in [7, 11) is 0. The molecule has 2 N–H and O–H groups in total. The molecule has 94 valence electrons. The van der Waals surface area contributed by atoms with Crippen LogP contribution in [0.1, 0.15) is 21.8 Å². The maximum atomic E-state index is 12.2. The van der Waals surface area contributed by atoms with Gasteiger partial charge in [-0.15, -0.1) is 0 Å². The average Bonchev–Trinajstić information content (AvgIpc) is 2.84. The van der Waals surface area contributed by atoms with E-state index in [4.69, 9.17) is 10.2 Å². The van der Waals surface area contributed by atoms with Crippen LogP contribution in [0.5, 0.6) is 0 Å². The quantitative estimate of drug-likeness (QED) is 0.712. The number of aromatic nitrogens is 1. The van der Waals surface area contributed by atoms with Gasteiger partial charge >= 0.3 is 0 Å².